The van der Waals surface area contributed by atoms with Gasteiger partial charge in [-0.1, -0.05) is 60.5 Å². The summed E-state index contributed by atoms with van der Waals surface area (Å²) in [6.07, 6.45) is 4.99. The Labute approximate surface area is 192 Å². The summed E-state index contributed by atoms with van der Waals surface area (Å²) in [5.41, 5.74) is 3.51. The fourth-order valence-electron chi connectivity index (χ4n) is 3.99. The van der Waals surface area contributed by atoms with Crippen LogP contribution in [0.2, 0.25) is 0 Å². The molecular formula is C26H25N5O2. The van der Waals surface area contributed by atoms with Crippen molar-refractivity contribution in [1.82, 2.24) is 15.4 Å². The van der Waals surface area contributed by atoms with Crippen LogP contribution in [0.5, 0.6) is 0 Å². The standard InChI is InChI=1S/C26H25N5O2/c32-26(23-18-24(33-30-23)20-8-4-3-5-9-20)27-21-12-10-19(11-13-21)22-14-15-25(29-28-22)31-16-6-1-2-7-17-31/h3-5,8-15,18H,1-2,6-7,16-17H2,(H,27,32). The Morgan fingerprint density at radius 3 is 2.27 bits per heavy atom. The maximum absolute atomic E-state index is 12.6. The molecule has 5 rings (SSSR count). The van der Waals surface area contributed by atoms with Crippen molar-refractivity contribution in [2.24, 2.45) is 0 Å². The molecule has 0 aliphatic carbocycles. The van der Waals surface area contributed by atoms with Crippen molar-refractivity contribution >= 4 is 17.4 Å². The van der Waals surface area contributed by atoms with Crippen LogP contribution in [0, 0.1) is 0 Å². The lowest BCUT2D eigenvalue weighted by Gasteiger charge is -2.20. The Kier molecular flexibility index (Phi) is 6.10. The maximum atomic E-state index is 12.6. The molecule has 1 aliphatic heterocycles. The van der Waals surface area contributed by atoms with Crippen molar-refractivity contribution in [3.63, 3.8) is 0 Å². The van der Waals surface area contributed by atoms with E-state index in [-0.39, 0.29) is 11.6 Å². The van der Waals surface area contributed by atoms with Gasteiger partial charge in [0, 0.05) is 36.0 Å². The second kappa shape index (κ2) is 9.65. The Hall–Kier alpha value is -4.00. The Balaban J connectivity index is 1.23. The molecule has 3 heterocycles. The molecule has 0 unspecified atom stereocenters. The predicted octanol–water partition coefficient (Wildman–Crippen LogP) is 5.43. The molecule has 4 aromatic rings. The zero-order chi connectivity index (χ0) is 22.5. The second-order valence-electron chi connectivity index (χ2n) is 8.15. The van der Waals surface area contributed by atoms with Crippen molar-refractivity contribution in [2.75, 3.05) is 23.3 Å². The number of nitrogens with one attached hydrogen (secondary N) is 1. The number of hydrogen-bond donors (Lipinski definition) is 1. The van der Waals surface area contributed by atoms with Crippen LogP contribution in [0.3, 0.4) is 0 Å². The maximum Gasteiger partial charge on any atom is 0.277 e. The molecule has 2 aromatic carbocycles. The van der Waals surface area contributed by atoms with Crippen molar-refractivity contribution < 1.29 is 9.32 Å². The summed E-state index contributed by atoms with van der Waals surface area (Å²) in [6.45, 7) is 2.08. The van der Waals surface area contributed by atoms with E-state index < -0.39 is 0 Å². The second-order valence-corrected chi connectivity index (χ2v) is 8.15. The van der Waals surface area contributed by atoms with E-state index in [0.29, 0.717) is 11.4 Å². The lowest BCUT2D eigenvalue weighted by atomic mass is 10.1. The summed E-state index contributed by atoms with van der Waals surface area (Å²) in [5.74, 6) is 1.17. The molecule has 166 valence electrons. The molecular weight excluding hydrogens is 414 g/mol. The van der Waals surface area contributed by atoms with Gasteiger partial charge in [0.1, 0.15) is 0 Å². The highest BCUT2D eigenvalue weighted by Gasteiger charge is 2.15. The van der Waals surface area contributed by atoms with Crippen LogP contribution in [-0.4, -0.2) is 34.4 Å². The van der Waals surface area contributed by atoms with Crippen molar-refractivity contribution in [2.45, 2.75) is 25.7 Å². The largest absolute Gasteiger partial charge is 0.355 e. The highest BCUT2D eigenvalue weighted by atomic mass is 16.5. The number of rotatable bonds is 5. The van der Waals surface area contributed by atoms with Gasteiger partial charge in [0.2, 0.25) is 0 Å². The molecule has 0 saturated carbocycles. The monoisotopic (exact) mass is 439 g/mol. The quantitative estimate of drug-likeness (QED) is 0.446. The number of benzene rings is 2. The van der Waals surface area contributed by atoms with E-state index in [1.54, 1.807) is 6.07 Å². The molecule has 7 heteroatoms. The van der Waals surface area contributed by atoms with Crippen LogP contribution in [0.15, 0.2) is 77.3 Å². The van der Waals surface area contributed by atoms with Gasteiger partial charge in [-0.05, 0) is 37.1 Å². The van der Waals surface area contributed by atoms with Gasteiger partial charge in [-0.25, -0.2) is 0 Å². The number of nitrogens with zero attached hydrogens (tertiary/aromatic N) is 4. The highest BCUT2D eigenvalue weighted by Crippen LogP contribution is 2.23. The van der Waals surface area contributed by atoms with E-state index in [1.807, 2.05) is 66.7 Å². The number of anilines is 2. The summed E-state index contributed by atoms with van der Waals surface area (Å²) >= 11 is 0. The fourth-order valence-corrected chi connectivity index (χ4v) is 3.99. The first-order valence-electron chi connectivity index (χ1n) is 11.3. The number of hydrogen-bond acceptors (Lipinski definition) is 6. The Bertz CT molecular complexity index is 1200. The molecule has 1 N–H and O–H groups in total. The van der Waals surface area contributed by atoms with Gasteiger partial charge < -0.3 is 14.7 Å². The van der Waals surface area contributed by atoms with E-state index in [1.165, 1.54) is 25.7 Å². The first-order chi connectivity index (χ1) is 16.3. The van der Waals surface area contributed by atoms with E-state index >= 15 is 0 Å². The minimum Gasteiger partial charge on any atom is -0.355 e. The molecule has 0 bridgehead atoms. The van der Waals surface area contributed by atoms with Gasteiger partial charge in [-0.3, -0.25) is 4.79 Å². The van der Waals surface area contributed by atoms with Crippen molar-refractivity contribution in [3.8, 4) is 22.6 Å². The van der Waals surface area contributed by atoms with Crippen LogP contribution >= 0.6 is 0 Å². The summed E-state index contributed by atoms with van der Waals surface area (Å²) in [5, 5.41) is 15.6. The third kappa shape index (κ3) is 4.92. The van der Waals surface area contributed by atoms with Gasteiger partial charge >= 0.3 is 0 Å². The van der Waals surface area contributed by atoms with E-state index in [2.05, 4.69) is 25.6 Å². The van der Waals surface area contributed by atoms with Crippen LogP contribution in [0.1, 0.15) is 36.2 Å². The minimum absolute atomic E-state index is 0.230. The lowest BCUT2D eigenvalue weighted by molar-refractivity contribution is 0.101. The molecule has 0 atom stereocenters. The predicted molar refractivity (Wildman–Crippen MR) is 128 cm³/mol. The number of carbonyl (C=O) groups excluding carboxylic acids is 1. The average molecular weight is 440 g/mol. The third-order valence-electron chi connectivity index (χ3n) is 5.82. The molecule has 2 aromatic heterocycles. The Morgan fingerprint density at radius 2 is 1.58 bits per heavy atom. The van der Waals surface area contributed by atoms with Crippen molar-refractivity contribution in [1.29, 1.82) is 0 Å². The molecule has 7 nitrogen and oxygen atoms in total. The smallest absolute Gasteiger partial charge is 0.277 e. The lowest BCUT2D eigenvalue weighted by Crippen LogP contribution is -2.25. The molecule has 1 aliphatic rings. The average Bonchev–Trinajstić information content (AvgIpc) is 3.21. The van der Waals surface area contributed by atoms with Gasteiger partial charge in [-0.15, -0.1) is 10.2 Å². The van der Waals surface area contributed by atoms with Crippen molar-refractivity contribution in [3.05, 3.63) is 78.5 Å². The van der Waals surface area contributed by atoms with E-state index in [0.717, 1.165) is 35.7 Å². The van der Waals surface area contributed by atoms with E-state index in [4.69, 9.17) is 4.52 Å². The van der Waals surface area contributed by atoms with Gasteiger partial charge in [0.05, 0.1) is 5.69 Å². The van der Waals surface area contributed by atoms with Crippen LogP contribution in [0.4, 0.5) is 11.5 Å². The SMILES string of the molecule is O=C(Nc1ccc(-c2ccc(N3CCCCCC3)nn2)cc1)c1cc(-c2ccccc2)on1. The van der Waals surface area contributed by atoms with E-state index in [9.17, 15) is 4.79 Å². The number of carbonyl (C=O) groups is 1. The molecule has 1 saturated heterocycles. The number of amides is 1. The third-order valence-corrected chi connectivity index (χ3v) is 5.82. The molecule has 0 radical (unpaired) electrons. The zero-order valence-electron chi connectivity index (χ0n) is 18.3. The summed E-state index contributed by atoms with van der Waals surface area (Å²) < 4.78 is 5.32. The van der Waals surface area contributed by atoms with Gasteiger partial charge in [-0.2, -0.15) is 0 Å². The summed E-state index contributed by atoms with van der Waals surface area (Å²) in [4.78, 5) is 14.9. The fraction of sp³-hybridized carbons (Fsp3) is 0.231. The first kappa shape index (κ1) is 20.9. The first-order valence-corrected chi connectivity index (χ1v) is 11.3. The van der Waals surface area contributed by atoms with Crippen LogP contribution in [-0.2, 0) is 0 Å². The Morgan fingerprint density at radius 1 is 0.818 bits per heavy atom. The highest BCUT2D eigenvalue weighted by molar-refractivity contribution is 6.03. The van der Waals surface area contributed by atoms with Gasteiger partial charge in [0.25, 0.3) is 5.91 Å². The molecule has 0 spiro atoms. The minimum atomic E-state index is -0.324. The number of aromatic nitrogens is 3. The summed E-state index contributed by atoms with van der Waals surface area (Å²) in [7, 11) is 0. The van der Waals surface area contributed by atoms with Crippen LogP contribution in [0.25, 0.3) is 22.6 Å². The summed E-state index contributed by atoms with van der Waals surface area (Å²) in [6, 6.07) is 22.8. The molecule has 33 heavy (non-hydrogen) atoms. The zero-order valence-corrected chi connectivity index (χ0v) is 18.3. The molecule has 1 amide bonds. The molecule has 1 fully saturated rings. The topological polar surface area (TPSA) is 84.2 Å². The normalized spacial score (nSPS) is 14.0. The van der Waals surface area contributed by atoms with Crippen LogP contribution < -0.4 is 10.2 Å². The van der Waals surface area contributed by atoms with Gasteiger partial charge in [0.15, 0.2) is 17.3 Å².